The number of alkyl carbamates (subject to hydrolysis) is 1. The van der Waals surface area contributed by atoms with E-state index in [0.717, 1.165) is 16.1 Å². The maximum absolute atomic E-state index is 12.7. The molecule has 0 saturated carbocycles. The lowest BCUT2D eigenvalue weighted by atomic mass is 9.98. The fourth-order valence-corrected chi connectivity index (χ4v) is 5.54. The summed E-state index contributed by atoms with van der Waals surface area (Å²) in [5.41, 5.74) is 6.20. The SMILES string of the molecule is CC(C)(C)OC(=O)N1CCN(c2cc(S)cc(CNC(=O)OCC3c4ccccc4-c4ccccc43)c2)CC1. The highest BCUT2D eigenvalue weighted by Gasteiger charge is 2.29. The molecule has 0 radical (unpaired) electrons. The van der Waals surface area contributed by atoms with Crippen LogP contribution in [0.15, 0.2) is 71.6 Å². The number of amides is 2. The first-order chi connectivity index (χ1) is 18.7. The number of nitrogens with zero attached hydrogens (tertiary/aromatic N) is 2. The van der Waals surface area contributed by atoms with Crippen LogP contribution in [0.4, 0.5) is 15.3 Å². The molecule has 5 rings (SSSR count). The van der Waals surface area contributed by atoms with Crippen LogP contribution in [0.1, 0.15) is 43.4 Å². The van der Waals surface area contributed by atoms with E-state index in [1.54, 1.807) is 4.90 Å². The summed E-state index contributed by atoms with van der Waals surface area (Å²) in [6.45, 7) is 8.77. The van der Waals surface area contributed by atoms with Crippen molar-refractivity contribution in [3.8, 4) is 11.1 Å². The second kappa shape index (κ2) is 11.2. The summed E-state index contributed by atoms with van der Waals surface area (Å²) in [5, 5.41) is 2.89. The second-order valence-electron chi connectivity index (χ2n) is 11.0. The molecule has 2 aliphatic rings. The molecular formula is C31H35N3O4S. The first kappa shape index (κ1) is 26.9. The molecule has 1 fully saturated rings. The van der Waals surface area contributed by atoms with E-state index in [9.17, 15) is 9.59 Å². The lowest BCUT2D eigenvalue weighted by molar-refractivity contribution is 0.0240. The minimum atomic E-state index is -0.510. The molecule has 2 amide bonds. The van der Waals surface area contributed by atoms with E-state index in [2.05, 4.69) is 47.1 Å². The minimum Gasteiger partial charge on any atom is -0.449 e. The highest BCUT2D eigenvalue weighted by Crippen LogP contribution is 2.44. The van der Waals surface area contributed by atoms with Crippen molar-refractivity contribution in [1.29, 1.82) is 0 Å². The third-order valence-electron chi connectivity index (χ3n) is 7.04. The number of piperazine rings is 1. The van der Waals surface area contributed by atoms with Crippen LogP contribution in [-0.4, -0.2) is 55.5 Å². The Morgan fingerprint density at radius 2 is 1.54 bits per heavy atom. The number of fused-ring (bicyclic) bond motifs is 3. The Hall–Kier alpha value is -3.65. The summed E-state index contributed by atoms with van der Waals surface area (Å²) >= 11 is 4.58. The van der Waals surface area contributed by atoms with Crippen LogP contribution in [0.3, 0.4) is 0 Å². The van der Waals surface area contributed by atoms with Crippen molar-refractivity contribution >= 4 is 30.5 Å². The molecule has 0 atom stereocenters. The molecule has 39 heavy (non-hydrogen) atoms. The number of ether oxygens (including phenoxy) is 2. The molecule has 1 aliphatic carbocycles. The summed E-state index contributed by atoms with van der Waals surface area (Å²) in [6.07, 6.45) is -0.730. The second-order valence-corrected chi connectivity index (χ2v) is 11.5. The Morgan fingerprint density at radius 3 is 2.15 bits per heavy atom. The number of hydrogen-bond donors (Lipinski definition) is 2. The molecule has 204 valence electrons. The lowest BCUT2D eigenvalue weighted by Crippen LogP contribution is -2.50. The topological polar surface area (TPSA) is 71.1 Å². The van der Waals surface area contributed by atoms with E-state index in [4.69, 9.17) is 9.47 Å². The molecule has 1 N–H and O–H groups in total. The summed E-state index contributed by atoms with van der Waals surface area (Å²) in [6, 6.07) is 22.6. The number of thiol groups is 1. The first-order valence-electron chi connectivity index (χ1n) is 13.3. The van der Waals surface area contributed by atoms with Gasteiger partial charge in [-0.15, -0.1) is 12.6 Å². The van der Waals surface area contributed by atoms with Crippen molar-refractivity contribution in [2.24, 2.45) is 0 Å². The average Bonchev–Trinajstić information content (AvgIpc) is 3.23. The van der Waals surface area contributed by atoms with E-state index in [0.29, 0.717) is 32.7 Å². The van der Waals surface area contributed by atoms with E-state index in [1.807, 2.05) is 63.2 Å². The summed E-state index contributed by atoms with van der Waals surface area (Å²) in [7, 11) is 0. The van der Waals surface area contributed by atoms with Crippen molar-refractivity contribution in [2.45, 2.75) is 43.7 Å². The van der Waals surface area contributed by atoms with Crippen molar-refractivity contribution < 1.29 is 19.1 Å². The van der Waals surface area contributed by atoms with Crippen LogP contribution in [-0.2, 0) is 16.0 Å². The van der Waals surface area contributed by atoms with Gasteiger partial charge < -0.3 is 24.6 Å². The zero-order valence-corrected chi connectivity index (χ0v) is 23.5. The molecule has 8 heteroatoms. The third kappa shape index (κ3) is 6.33. The Kier molecular flexibility index (Phi) is 7.75. The largest absolute Gasteiger partial charge is 0.449 e. The van der Waals surface area contributed by atoms with Crippen molar-refractivity contribution in [3.05, 3.63) is 83.4 Å². The number of carbonyl (C=O) groups is 2. The number of hydrogen-bond acceptors (Lipinski definition) is 6. The summed E-state index contributed by atoms with van der Waals surface area (Å²) in [5.74, 6) is 0.0230. The fourth-order valence-electron chi connectivity index (χ4n) is 5.24. The molecule has 1 aliphatic heterocycles. The highest BCUT2D eigenvalue weighted by atomic mass is 32.1. The maximum Gasteiger partial charge on any atom is 0.410 e. The van der Waals surface area contributed by atoms with Crippen molar-refractivity contribution in [2.75, 3.05) is 37.7 Å². The molecule has 0 spiro atoms. The zero-order valence-electron chi connectivity index (χ0n) is 22.6. The van der Waals surface area contributed by atoms with Gasteiger partial charge in [0.2, 0.25) is 0 Å². The van der Waals surface area contributed by atoms with Crippen LogP contribution in [0.5, 0.6) is 0 Å². The summed E-state index contributed by atoms with van der Waals surface area (Å²) in [4.78, 5) is 29.8. The molecular weight excluding hydrogens is 510 g/mol. The number of carbonyl (C=O) groups excluding carboxylic acids is 2. The van der Waals surface area contributed by atoms with Crippen LogP contribution >= 0.6 is 12.6 Å². The molecule has 0 unspecified atom stereocenters. The predicted octanol–water partition coefficient (Wildman–Crippen LogP) is 6.07. The van der Waals surface area contributed by atoms with Gasteiger partial charge in [-0.1, -0.05) is 48.5 Å². The van der Waals surface area contributed by atoms with Crippen LogP contribution in [0.25, 0.3) is 11.1 Å². The molecule has 3 aromatic carbocycles. The molecule has 1 saturated heterocycles. The number of rotatable bonds is 5. The van der Waals surface area contributed by atoms with Gasteiger partial charge in [0.1, 0.15) is 12.2 Å². The molecule has 0 aromatic heterocycles. The van der Waals surface area contributed by atoms with Gasteiger partial charge in [-0.2, -0.15) is 0 Å². The van der Waals surface area contributed by atoms with Crippen LogP contribution in [0, 0.1) is 0 Å². The molecule has 0 bridgehead atoms. The Labute approximate surface area is 235 Å². The monoisotopic (exact) mass is 545 g/mol. The van der Waals surface area contributed by atoms with E-state index < -0.39 is 11.7 Å². The third-order valence-corrected chi connectivity index (χ3v) is 7.30. The first-order valence-corrected chi connectivity index (χ1v) is 13.8. The molecule has 1 heterocycles. The highest BCUT2D eigenvalue weighted by molar-refractivity contribution is 7.80. The minimum absolute atomic E-state index is 0.0230. The standard InChI is InChI=1S/C31H35N3O4S/c1-31(2,3)38-30(36)34-14-12-33(13-15-34)22-16-21(17-23(39)18-22)19-32-29(35)37-20-28-26-10-6-4-8-24(26)25-9-5-7-11-27(25)28/h4-11,16-18,28,39H,12-15,19-20H2,1-3H3,(H,32,35). The summed E-state index contributed by atoms with van der Waals surface area (Å²) < 4.78 is 11.2. The average molecular weight is 546 g/mol. The molecule has 3 aromatic rings. The van der Waals surface area contributed by atoms with Gasteiger partial charge in [0, 0.05) is 49.2 Å². The number of nitrogens with one attached hydrogen (secondary N) is 1. The van der Waals surface area contributed by atoms with E-state index in [1.165, 1.54) is 22.3 Å². The van der Waals surface area contributed by atoms with E-state index >= 15 is 0 Å². The quantitative estimate of drug-likeness (QED) is 0.381. The van der Waals surface area contributed by atoms with Gasteiger partial charge in [0.05, 0.1) is 0 Å². The van der Waals surface area contributed by atoms with Crippen molar-refractivity contribution in [3.63, 3.8) is 0 Å². The number of benzene rings is 3. The van der Waals surface area contributed by atoms with Gasteiger partial charge in [-0.3, -0.25) is 0 Å². The van der Waals surface area contributed by atoms with Gasteiger partial charge in [-0.25, -0.2) is 9.59 Å². The normalized spacial score (nSPS) is 15.0. The lowest BCUT2D eigenvalue weighted by Gasteiger charge is -2.37. The smallest absolute Gasteiger partial charge is 0.410 e. The van der Waals surface area contributed by atoms with Crippen LogP contribution < -0.4 is 10.2 Å². The zero-order chi connectivity index (χ0) is 27.6. The van der Waals surface area contributed by atoms with Gasteiger partial charge >= 0.3 is 12.2 Å². The van der Waals surface area contributed by atoms with Crippen LogP contribution in [0.2, 0.25) is 0 Å². The Balaban J connectivity index is 1.15. The maximum atomic E-state index is 12.7. The predicted molar refractivity (Wildman–Crippen MR) is 156 cm³/mol. The Bertz CT molecular complexity index is 1320. The van der Waals surface area contributed by atoms with Gasteiger partial charge in [-0.05, 0) is 66.8 Å². The Morgan fingerprint density at radius 1 is 0.923 bits per heavy atom. The molecule has 7 nitrogen and oxygen atoms in total. The van der Waals surface area contributed by atoms with Crippen molar-refractivity contribution in [1.82, 2.24) is 10.2 Å². The van der Waals surface area contributed by atoms with Gasteiger partial charge in [0.25, 0.3) is 0 Å². The number of anilines is 1. The van der Waals surface area contributed by atoms with E-state index in [-0.39, 0.29) is 18.6 Å². The fraction of sp³-hybridized carbons (Fsp3) is 0.355. The van der Waals surface area contributed by atoms with Gasteiger partial charge in [0.15, 0.2) is 0 Å².